The van der Waals surface area contributed by atoms with Crippen molar-refractivity contribution >= 4 is 16.8 Å². The number of hydrogen-bond donors (Lipinski definition) is 2. The van der Waals surface area contributed by atoms with Crippen LogP contribution in [0.4, 0.5) is 5.69 Å². The molecule has 1 atom stereocenters. The summed E-state index contributed by atoms with van der Waals surface area (Å²) in [5, 5.41) is 9.29. The molecule has 2 aromatic rings. The molecule has 1 saturated heterocycles. The Balaban J connectivity index is 1.84. The SMILES string of the molecule is Nc1cccc2oc(CN3CCCC3CO)nc12. The first-order valence-corrected chi connectivity index (χ1v) is 6.27. The van der Waals surface area contributed by atoms with E-state index in [0.717, 1.165) is 30.5 Å². The van der Waals surface area contributed by atoms with E-state index in [1.54, 1.807) is 0 Å². The molecule has 0 bridgehead atoms. The lowest BCUT2D eigenvalue weighted by molar-refractivity contribution is 0.145. The van der Waals surface area contributed by atoms with Gasteiger partial charge in [0.15, 0.2) is 5.58 Å². The Morgan fingerprint density at radius 1 is 1.50 bits per heavy atom. The molecule has 1 aromatic heterocycles. The summed E-state index contributed by atoms with van der Waals surface area (Å²) >= 11 is 0. The third-order valence-corrected chi connectivity index (χ3v) is 3.54. The Hall–Kier alpha value is -1.59. The van der Waals surface area contributed by atoms with Gasteiger partial charge < -0.3 is 15.3 Å². The fourth-order valence-corrected chi connectivity index (χ4v) is 2.57. The van der Waals surface area contributed by atoms with Gasteiger partial charge in [-0.1, -0.05) is 6.07 Å². The van der Waals surface area contributed by atoms with E-state index in [-0.39, 0.29) is 12.6 Å². The Kier molecular flexibility index (Phi) is 2.93. The number of oxazole rings is 1. The third-order valence-electron chi connectivity index (χ3n) is 3.54. The van der Waals surface area contributed by atoms with Crippen LogP contribution < -0.4 is 5.73 Å². The Bertz CT molecular complexity index is 552. The average molecular weight is 247 g/mol. The van der Waals surface area contributed by atoms with E-state index in [1.807, 2.05) is 18.2 Å². The van der Waals surface area contributed by atoms with Crippen LogP contribution in [0.1, 0.15) is 18.7 Å². The molecule has 96 valence electrons. The largest absolute Gasteiger partial charge is 0.439 e. The van der Waals surface area contributed by atoms with Crippen molar-refractivity contribution in [3.05, 3.63) is 24.1 Å². The smallest absolute Gasteiger partial charge is 0.209 e. The number of nitrogens with two attached hydrogens (primary N) is 1. The maximum Gasteiger partial charge on any atom is 0.209 e. The molecule has 5 nitrogen and oxygen atoms in total. The van der Waals surface area contributed by atoms with E-state index < -0.39 is 0 Å². The number of benzene rings is 1. The molecule has 18 heavy (non-hydrogen) atoms. The van der Waals surface area contributed by atoms with Crippen LogP contribution in [0.15, 0.2) is 22.6 Å². The molecular formula is C13H17N3O2. The van der Waals surface area contributed by atoms with Gasteiger partial charge in [-0.25, -0.2) is 4.98 Å². The van der Waals surface area contributed by atoms with Crippen LogP contribution in [0, 0.1) is 0 Å². The summed E-state index contributed by atoms with van der Waals surface area (Å²) in [6, 6.07) is 5.78. The molecule has 1 fully saturated rings. The van der Waals surface area contributed by atoms with Crippen molar-refractivity contribution in [3.8, 4) is 0 Å². The molecule has 0 amide bonds. The van der Waals surface area contributed by atoms with Crippen LogP contribution in [0.25, 0.3) is 11.1 Å². The number of anilines is 1. The van der Waals surface area contributed by atoms with Crippen LogP contribution in [0.3, 0.4) is 0 Å². The zero-order chi connectivity index (χ0) is 12.5. The molecule has 1 aromatic carbocycles. The molecule has 1 aliphatic heterocycles. The number of fused-ring (bicyclic) bond motifs is 1. The highest BCUT2D eigenvalue weighted by molar-refractivity contribution is 5.85. The molecule has 0 radical (unpaired) electrons. The number of rotatable bonds is 3. The first-order valence-electron chi connectivity index (χ1n) is 6.27. The summed E-state index contributed by atoms with van der Waals surface area (Å²) in [7, 11) is 0. The lowest BCUT2D eigenvalue weighted by Gasteiger charge is -2.20. The number of aliphatic hydroxyl groups is 1. The van der Waals surface area contributed by atoms with Gasteiger partial charge in [0.2, 0.25) is 5.89 Å². The van der Waals surface area contributed by atoms with Gasteiger partial charge in [-0.05, 0) is 31.5 Å². The Labute approximate surface area is 105 Å². The van der Waals surface area contributed by atoms with Crippen molar-refractivity contribution in [2.24, 2.45) is 0 Å². The van der Waals surface area contributed by atoms with E-state index in [2.05, 4.69) is 9.88 Å². The number of para-hydroxylation sites is 1. The molecule has 0 aliphatic carbocycles. The van der Waals surface area contributed by atoms with Crippen LogP contribution in [-0.2, 0) is 6.54 Å². The van der Waals surface area contributed by atoms with Gasteiger partial charge in [0.25, 0.3) is 0 Å². The molecular weight excluding hydrogens is 230 g/mol. The fourth-order valence-electron chi connectivity index (χ4n) is 2.57. The van der Waals surface area contributed by atoms with E-state index in [9.17, 15) is 5.11 Å². The number of aliphatic hydroxyl groups excluding tert-OH is 1. The highest BCUT2D eigenvalue weighted by Crippen LogP contribution is 2.24. The second kappa shape index (κ2) is 4.59. The number of aromatic nitrogens is 1. The van der Waals surface area contributed by atoms with Gasteiger partial charge in [0.05, 0.1) is 18.8 Å². The van der Waals surface area contributed by atoms with Crippen LogP contribution >= 0.6 is 0 Å². The molecule has 2 heterocycles. The minimum atomic E-state index is 0.197. The maximum atomic E-state index is 9.29. The molecule has 0 saturated carbocycles. The zero-order valence-electron chi connectivity index (χ0n) is 10.2. The summed E-state index contributed by atoms with van der Waals surface area (Å²) in [6.45, 7) is 1.82. The zero-order valence-corrected chi connectivity index (χ0v) is 10.2. The lowest BCUT2D eigenvalue weighted by atomic mass is 10.2. The van der Waals surface area contributed by atoms with Gasteiger partial charge in [-0.3, -0.25) is 4.90 Å². The summed E-state index contributed by atoms with van der Waals surface area (Å²) in [4.78, 5) is 6.64. The van der Waals surface area contributed by atoms with Crippen LogP contribution in [0.5, 0.6) is 0 Å². The van der Waals surface area contributed by atoms with Crippen LogP contribution in [0.2, 0.25) is 0 Å². The molecule has 3 N–H and O–H groups in total. The van der Waals surface area contributed by atoms with Crippen molar-refractivity contribution in [1.29, 1.82) is 0 Å². The summed E-state index contributed by atoms with van der Waals surface area (Å²) in [6.07, 6.45) is 2.16. The monoisotopic (exact) mass is 247 g/mol. The van der Waals surface area contributed by atoms with E-state index >= 15 is 0 Å². The number of likely N-dealkylation sites (tertiary alicyclic amines) is 1. The van der Waals surface area contributed by atoms with Gasteiger partial charge in [-0.2, -0.15) is 0 Å². The topological polar surface area (TPSA) is 75.5 Å². The normalized spacial score (nSPS) is 20.8. The summed E-state index contributed by atoms with van der Waals surface area (Å²) < 4.78 is 5.69. The van der Waals surface area contributed by atoms with Crippen LogP contribution in [-0.4, -0.2) is 34.2 Å². The van der Waals surface area contributed by atoms with Gasteiger partial charge in [0, 0.05) is 6.04 Å². The molecule has 5 heteroatoms. The van der Waals surface area contributed by atoms with Gasteiger partial charge >= 0.3 is 0 Å². The highest BCUT2D eigenvalue weighted by atomic mass is 16.3. The van der Waals surface area contributed by atoms with E-state index in [1.165, 1.54) is 0 Å². The predicted molar refractivity (Wildman–Crippen MR) is 68.9 cm³/mol. The minimum absolute atomic E-state index is 0.197. The average Bonchev–Trinajstić information content (AvgIpc) is 2.96. The third kappa shape index (κ3) is 1.95. The minimum Gasteiger partial charge on any atom is -0.439 e. The fraction of sp³-hybridized carbons (Fsp3) is 0.462. The molecule has 1 aliphatic rings. The van der Waals surface area contributed by atoms with E-state index in [0.29, 0.717) is 18.1 Å². The molecule has 0 spiro atoms. The van der Waals surface area contributed by atoms with Gasteiger partial charge in [-0.15, -0.1) is 0 Å². The van der Waals surface area contributed by atoms with Crippen molar-refractivity contribution < 1.29 is 9.52 Å². The van der Waals surface area contributed by atoms with Gasteiger partial charge in [0.1, 0.15) is 5.52 Å². The first-order chi connectivity index (χ1) is 8.78. The second-order valence-corrected chi connectivity index (χ2v) is 4.75. The standard InChI is InChI=1S/C13H17N3O2/c14-10-4-1-5-11-13(10)15-12(18-11)7-16-6-2-3-9(16)8-17/h1,4-5,9,17H,2-3,6-8,14H2. The number of nitrogens with zero attached hydrogens (tertiary/aromatic N) is 2. The Morgan fingerprint density at radius 2 is 2.39 bits per heavy atom. The predicted octanol–water partition coefficient (Wildman–Crippen LogP) is 1.37. The molecule has 3 rings (SSSR count). The highest BCUT2D eigenvalue weighted by Gasteiger charge is 2.25. The second-order valence-electron chi connectivity index (χ2n) is 4.75. The molecule has 1 unspecified atom stereocenters. The van der Waals surface area contributed by atoms with Crippen molar-refractivity contribution in [2.45, 2.75) is 25.4 Å². The number of hydrogen-bond acceptors (Lipinski definition) is 5. The first kappa shape index (κ1) is 11.5. The lowest BCUT2D eigenvalue weighted by Crippen LogP contribution is -2.31. The van der Waals surface area contributed by atoms with E-state index in [4.69, 9.17) is 10.2 Å². The maximum absolute atomic E-state index is 9.29. The van der Waals surface area contributed by atoms with Crippen molar-refractivity contribution in [1.82, 2.24) is 9.88 Å². The number of nitrogen functional groups attached to an aromatic ring is 1. The van der Waals surface area contributed by atoms with Crippen molar-refractivity contribution in [2.75, 3.05) is 18.9 Å². The summed E-state index contributed by atoms with van der Waals surface area (Å²) in [5.41, 5.74) is 7.95. The Morgan fingerprint density at radius 3 is 3.17 bits per heavy atom. The summed E-state index contributed by atoms with van der Waals surface area (Å²) in [5.74, 6) is 0.670. The quantitative estimate of drug-likeness (QED) is 0.801. The van der Waals surface area contributed by atoms with Crippen molar-refractivity contribution in [3.63, 3.8) is 0 Å².